The van der Waals surface area contributed by atoms with Gasteiger partial charge in [0.15, 0.2) is 0 Å². The lowest BCUT2D eigenvalue weighted by atomic mass is 10.1. The highest BCUT2D eigenvalue weighted by Crippen LogP contribution is 2.22. The lowest BCUT2D eigenvalue weighted by molar-refractivity contribution is 0.556. The predicted octanol–water partition coefficient (Wildman–Crippen LogP) is 2.53. The SMILES string of the molecule is CCC(N)CCc1c(Cl)c(C)nn1CC. The van der Waals surface area contributed by atoms with E-state index in [9.17, 15) is 0 Å². The third kappa shape index (κ3) is 2.95. The molecule has 3 nitrogen and oxygen atoms in total. The molecule has 0 fully saturated rings. The lowest BCUT2D eigenvalue weighted by Crippen LogP contribution is -2.20. The molecule has 1 aromatic heterocycles. The molecule has 0 saturated heterocycles. The second-order valence-corrected chi connectivity index (χ2v) is 4.25. The second-order valence-electron chi connectivity index (χ2n) is 3.87. The minimum Gasteiger partial charge on any atom is -0.328 e. The van der Waals surface area contributed by atoms with E-state index in [1.165, 1.54) is 0 Å². The molecule has 86 valence electrons. The molecule has 0 spiro atoms. The fraction of sp³-hybridized carbons (Fsp3) is 0.727. The Morgan fingerprint density at radius 1 is 1.47 bits per heavy atom. The quantitative estimate of drug-likeness (QED) is 0.844. The summed E-state index contributed by atoms with van der Waals surface area (Å²) < 4.78 is 1.97. The third-order valence-electron chi connectivity index (χ3n) is 2.73. The van der Waals surface area contributed by atoms with Gasteiger partial charge in [-0.1, -0.05) is 18.5 Å². The van der Waals surface area contributed by atoms with Gasteiger partial charge in [-0.05, 0) is 33.1 Å². The Bertz CT molecular complexity index is 320. The molecule has 1 heterocycles. The average molecular weight is 230 g/mol. The molecule has 0 aliphatic carbocycles. The van der Waals surface area contributed by atoms with Gasteiger partial charge in [0.05, 0.1) is 16.4 Å². The van der Waals surface area contributed by atoms with E-state index in [-0.39, 0.29) is 6.04 Å². The average Bonchev–Trinajstić information content (AvgIpc) is 2.52. The Morgan fingerprint density at radius 2 is 2.13 bits per heavy atom. The van der Waals surface area contributed by atoms with E-state index in [1.807, 2.05) is 11.6 Å². The molecule has 1 aromatic rings. The van der Waals surface area contributed by atoms with Gasteiger partial charge in [0.1, 0.15) is 0 Å². The zero-order chi connectivity index (χ0) is 11.4. The van der Waals surface area contributed by atoms with Crippen LogP contribution in [0.15, 0.2) is 0 Å². The Morgan fingerprint density at radius 3 is 2.67 bits per heavy atom. The molecule has 0 aliphatic heterocycles. The van der Waals surface area contributed by atoms with E-state index in [0.717, 1.165) is 42.2 Å². The third-order valence-corrected chi connectivity index (χ3v) is 3.22. The Hall–Kier alpha value is -0.540. The minimum absolute atomic E-state index is 0.265. The van der Waals surface area contributed by atoms with Crippen molar-refractivity contribution in [2.45, 2.75) is 52.6 Å². The number of halogens is 1. The molecule has 0 aliphatic rings. The summed E-state index contributed by atoms with van der Waals surface area (Å²) in [4.78, 5) is 0. The van der Waals surface area contributed by atoms with Crippen LogP contribution in [0, 0.1) is 6.92 Å². The maximum atomic E-state index is 6.20. The number of aromatic nitrogens is 2. The largest absolute Gasteiger partial charge is 0.328 e. The van der Waals surface area contributed by atoms with Crippen LogP contribution in [0.3, 0.4) is 0 Å². The molecule has 0 aromatic carbocycles. The molecule has 15 heavy (non-hydrogen) atoms. The highest BCUT2D eigenvalue weighted by molar-refractivity contribution is 6.31. The summed E-state index contributed by atoms with van der Waals surface area (Å²) in [5.41, 5.74) is 7.94. The van der Waals surface area contributed by atoms with Crippen LogP contribution in [0.2, 0.25) is 5.02 Å². The first-order chi connectivity index (χ1) is 7.10. The lowest BCUT2D eigenvalue weighted by Gasteiger charge is -2.09. The van der Waals surface area contributed by atoms with Gasteiger partial charge in [0.2, 0.25) is 0 Å². The molecular weight excluding hydrogens is 210 g/mol. The standard InChI is InChI=1S/C11H20ClN3/c1-4-9(13)6-7-10-11(12)8(3)14-15(10)5-2/h9H,4-7,13H2,1-3H3. The molecule has 0 saturated carbocycles. The number of nitrogens with two attached hydrogens (primary N) is 1. The first kappa shape index (κ1) is 12.5. The van der Waals surface area contributed by atoms with Gasteiger partial charge in [-0.3, -0.25) is 4.68 Å². The molecule has 1 unspecified atom stereocenters. The van der Waals surface area contributed by atoms with Crippen LogP contribution in [-0.4, -0.2) is 15.8 Å². The van der Waals surface area contributed by atoms with Gasteiger partial charge in [0, 0.05) is 12.6 Å². The van der Waals surface area contributed by atoms with Crippen molar-refractivity contribution in [3.05, 3.63) is 16.4 Å². The van der Waals surface area contributed by atoms with E-state index in [4.69, 9.17) is 17.3 Å². The van der Waals surface area contributed by atoms with Crippen LogP contribution in [0.1, 0.15) is 38.1 Å². The highest BCUT2D eigenvalue weighted by atomic mass is 35.5. The molecule has 0 bridgehead atoms. The number of hydrogen-bond acceptors (Lipinski definition) is 2. The Balaban J connectivity index is 2.74. The van der Waals surface area contributed by atoms with E-state index >= 15 is 0 Å². The summed E-state index contributed by atoms with van der Waals surface area (Å²) in [7, 11) is 0. The van der Waals surface area contributed by atoms with Crippen molar-refractivity contribution in [2.24, 2.45) is 5.73 Å². The van der Waals surface area contributed by atoms with E-state index in [1.54, 1.807) is 0 Å². The fourth-order valence-corrected chi connectivity index (χ4v) is 1.86. The highest BCUT2D eigenvalue weighted by Gasteiger charge is 2.12. The summed E-state index contributed by atoms with van der Waals surface area (Å²) in [6.07, 6.45) is 2.90. The Labute approximate surface area is 96.6 Å². The van der Waals surface area contributed by atoms with Gasteiger partial charge < -0.3 is 5.73 Å². The van der Waals surface area contributed by atoms with Gasteiger partial charge in [0.25, 0.3) is 0 Å². The van der Waals surface area contributed by atoms with Crippen LogP contribution in [-0.2, 0) is 13.0 Å². The zero-order valence-corrected chi connectivity index (χ0v) is 10.5. The monoisotopic (exact) mass is 229 g/mol. The maximum Gasteiger partial charge on any atom is 0.0847 e. The Kier molecular flexibility index (Phi) is 4.61. The van der Waals surface area contributed by atoms with Gasteiger partial charge in [-0.2, -0.15) is 5.10 Å². The summed E-state index contributed by atoms with van der Waals surface area (Å²) >= 11 is 6.20. The minimum atomic E-state index is 0.265. The van der Waals surface area contributed by atoms with Crippen LogP contribution in [0.4, 0.5) is 0 Å². The van der Waals surface area contributed by atoms with Crippen LogP contribution in [0.25, 0.3) is 0 Å². The summed E-state index contributed by atoms with van der Waals surface area (Å²) in [6.45, 7) is 6.99. The van der Waals surface area contributed by atoms with Crippen LogP contribution in [0.5, 0.6) is 0 Å². The number of rotatable bonds is 5. The summed E-state index contributed by atoms with van der Waals surface area (Å²) in [5.74, 6) is 0. The van der Waals surface area contributed by atoms with Crippen molar-refractivity contribution < 1.29 is 0 Å². The smallest absolute Gasteiger partial charge is 0.0847 e. The van der Waals surface area contributed by atoms with Crippen molar-refractivity contribution in [3.63, 3.8) is 0 Å². The van der Waals surface area contributed by atoms with Crippen molar-refractivity contribution >= 4 is 11.6 Å². The first-order valence-corrected chi connectivity index (χ1v) is 5.95. The molecule has 0 radical (unpaired) electrons. The van der Waals surface area contributed by atoms with E-state index < -0.39 is 0 Å². The molecule has 4 heteroatoms. The van der Waals surface area contributed by atoms with E-state index in [0.29, 0.717) is 0 Å². The van der Waals surface area contributed by atoms with E-state index in [2.05, 4.69) is 18.9 Å². The number of aryl methyl sites for hydroxylation is 2. The van der Waals surface area contributed by atoms with Gasteiger partial charge >= 0.3 is 0 Å². The zero-order valence-electron chi connectivity index (χ0n) is 9.76. The first-order valence-electron chi connectivity index (χ1n) is 5.57. The van der Waals surface area contributed by atoms with Crippen molar-refractivity contribution in [2.75, 3.05) is 0 Å². The van der Waals surface area contributed by atoms with Gasteiger partial charge in [-0.25, -0.2) is 0 Å². The summed E-state index contributed by atoms with van der Waals surface area (Å²) in [6, 6.07) is 0.265. The van der Waals surface area contributed by atoms with Crippen molar-refractivity contribution in [3.8, 4) is 0 Å². The van der Waals surface area contributed by atoms with Crippen molar-refractivity contribution in [1.82, 2.24) is 9.78 Å². The molecule has 2 N–H and O–H groups in total. The normalized spacial score (nSPS) is 13.1. The van der Waals surface area contributed by atoms with Crippen molar-refractivity contribution in [1.29, 1.82) is 0 Å². The maximum absolute atomic E-state index is 6.20. The predicted molar refractivity (Wildman–Crippen MR) is 64.2 cm³/mol. The number of hydrogen-bond donors (Lipinski definition) is 1. The second kappa shape index (κ2) is 5.52. The van der Waals surface area contributed by atoms with Gasteiger partial charge in [-0.15, -0.1) is 0 Å². The topological polar surface area (TPSA) is 43.8 Å². The fourth-order valence-electron chi connectivity index (χ4n) is 1.63. The number of nitrogens with zero attached hydrogens (tertiary/aromatic N) is 2. The summed E-state index contributed by atoms with van der Waals surface area (Å²) in [5, 5.41) is 5.18. The molecule has 0 amide bonds. The van der Waals surface area contributed by atoms with Crippen LogP contribution < -0.4 is 5.73 Å². The molecule has 1 atom stereocenters. The molecular formula is C11H20ClN3. The van der Waals surface area contributed by atoms with Crippen LogP contribution >= 0.6 is 11.6 Å². The molecule has 1 rings (SSSR count).